The van der Waals surface area contributed by atoms with Gasteiger partial charge in [-0.25, -0.2) is 4.98 Å². The maximum absolute atomic E-state index is 13.7. The van der Waals surface area contributed by atoms with Crippen LogP contribution in [0.1, 0.15) is 18.2 Å². The maximum atomic E-state index is 13.7. The minimum Gasteiger partial charge on any atom is -0.334 e. The first kappa shape index (κ1) is 19.6. The molecule has 0 radical (unpaired) electrons. The fourth-order valence-electron chi connectivity index (χ4n) is 3.31. The Kier molecular flexibility index (Phi) is 4.95. The molecule has 0 atom stereocenters. The number of alkyl halides is 3. The lowest BCUT2D eigenvalue weighted by Crippen LogP contribution is -3.11. The van der Waals surface area contributed by atoms with E-state index in [4.69, 9.17) is 0 Å². The molecule has 4 rings (SSSR count). The Labute approximate surface area is 168 Å². The van der Waals surface area contributed by atoms with Gasteiger partial charge in [0.2, 0.25) is 5.13 Å². The van der Waals surface area contributed by atoms with Crippen LogP contribution in [-0.4, -0.2) is 58.7 Å². The van der Waals surface area contributed by atoms with Crippen molar-refractivity contribution in [1.29, 1.82) is 0 Å². The molecule has 0 aliphatic carbocycles. The zero-order valence-corrected chi connectivity index (χ0v) is 16.7. The summed E-state index contributed by atoms with van der Waals surface area (Å²) in [6.07, 6.45) is -4.72. The number of nitrogens with one attached hydrogen (secondary N) is 2. The van der Waals surface area contributed by atoms with E-state index in [2.05, 4.69) is 22.2 Å². The fourth-order valence-corrected chi connectivity index (χ4v) is 4.23. The van der Waals surface area contributed by atoms with Gasteiger partial charge < -0.3 is 4.90 Å². The number of nitrogens with zero attached hydrogens (tertiary/aromatic N) is 4. The van der Waals surface area contributed by atoms with E-state index in [9.17, 15) is 18.0 Å². The van der Waals surface area contributed by atoms with Crippen LogP contribution < -0.4 is 10.5 Å². The number of fused-ring (bicyclic) bond motifs is 1. The van der Waals surface area contributed by atoms with Crippen LogP contribution >= 0.6 is 11.3 Å². The number of benzene rings is 1. The molecule has 1 saturated heterocycles. The Morgan fingerprint density at radius 2 is 1.97 bits per heavy atom. The van der Waals surface area contributed by atoms with Gasteiger partial charge in [-0.2, -0.15) is 23.0 Å². The first-order valence-corrected chi connectivity index (χ1v) is 9.95. The molecule has 0 bridgehead atoms. The van der Waals surface area contributed by atoms with E-state index < -0.39 is 23.0 Å². The molecule has 1 aliphatic rings. The number of quaternary nitrogens is 1. The Morgan fingerprint density at radius 1 is 1.28 bits per heavy atom. The van der Waals surface area contributed by atoms with Crippen molar-refractivity contribution in [3.05, 3.63) is 45.9 Å². The Hall–Kier alpha value is -2.66. The van der Waals surface area contributed by atoms with Crippen molar-refractivity contribution in [2.45, 2.75) is 13.1 Å². The molecule has 2 N–H and O–H groups in total. The van der Waals surface area contributed by atoms with Gasteiger partial charge >= 0.3 is 6.18 Å². The molecule has 7 nitrogen and oxygen atoms in total. The molecule has 2 aromatic heterocycles. The Bertz CT molecular complexity index is 1090. The molecule has 1 aliphatic heterocycles. The van der Waals surface area contributed by atoms with Crippen LogP contribution in [0.15, 0.2) is 34.2 Å². The highest BCUT2D eigenvalue weighted by molar-refractivity contribution is 7.20. The number of thiazole rings is 1. The van der Waals surface area contributed by atoms with Crippen LogP contribution in [0.4, 0.5) is 13.2 Å². The van der Waals surface area contributed by atoms with Gasteiger partial charge in [0.25, 0.3) is 5.56 Å². The van der Waals surface area contributed by atoms with Gasteiger partial charge in [0, 0.05) is 0 Å². The van der Waals surface area contributed by atoms with E-state index in [1.165, 1.54) is 11.8 Å². The summed E-state index contributed by atoms with van der Waals surface area (Å²) in [6.45, 7) is 4.37. The van der Waals surface area contributed by atoms with Gasteiger partial charge in [-0.05, 0) is 19.1 Å². The van der Waals surface area contributed by atoms with E-state index in [0.717, 1.165) is 33.8 Å². The van der Waals surface area contributed by atoms with Gasteiger partial charge in [-0.15, -0.1) is 0 Å². The van der Waals surface area contributed by atoms with Crippen LogP contribution in [-0.2, 0) is 6.18 Å². The normalized spacial score (nSPS) is 16.7. The molecule has 0 unspecified atom stereocenters. The number of aromatic amines is 1. The third kappa shape index (κ3) is 3.79. The number of piperazine rings is 1. The average Bonchev–Trinajstić information content (AvgIpc) is 3.24. The molecule has 29 heavy (non-hydrogen) atoms. The summed E-state index contributed by atoms with van der Waals surface area (Å²) in [6, 6.07) is 7.14. The second-order valence-electron chi connectivity index (χ2n) is 7.06. The molecular weight excluding hydrogens is 405 g/mol. The fraction of sp³-hybridized carbons (Fsp3) is 0.389. The quantitative estimate of drug-likeness (QED) is 0.623. The third-order valence-electron chi connectivity index (χ3n) is 4.89. The van der Waals surface area contributed by atoms with E-state index in [1.54, 1.807) is 23.2 Å². The van der Waals surface area contributed by atoms with Crippen molar-refractivity contribution in [1.82, 2.24) is 19.8 Å². The largest absolute Gasteiger partial charge is 0.433 e. The number of aromatic nitrogens is 3. The number of likely N-dealkylation sites (N-methyl/N-ethyl adjacent to an activating group) is 1. The monoisotopic (exact) mass is 425 g/mol. The minimum atomic E-state index is -4.72. The smallest absolute Gasteiger partial charge is 0.334 e. The average molecular weight is 425 g/mol. The maximum Gasteiger partial charge on any atom is 0.433 e. The van der Waals surface area contributed by atoms with E-state index >= 15 is 0 Å². The number of para-hydroxylation sites is 1. The molecule has 0 amide bonds. The molecule has 1 fully saturated rings. The van der Waals surface area contributed by atoms with Gasteiger partial charge in [0.15, 0.2) is 5.69 Å². The predicted molar refractivity (Wildman–Crippen MR) is 105 cm³/mol. The second-order valence-corrected chi connectivity index (χ2v) is 8.07. The number of hydrogen-bond acceptors (Lipinski definition) is 5. The molecule has 11 heteroatoms. The first-order valence-electron chi connectivity index (χ1n) is 9.14. The van der Waals surface area contributed by atoms with Crippen molar-refractivity contribution in [2.75, 3.05) is 33.2 Å². The number of halogens is 3. The first-order chi connectivity index (χ1) is 13.7. The van der Waals surface area contributed by atoms with Crippen LogP contribution in [0, 0.1) is 0 Å². The van der Waals surface area contributed by atoms with Gasteiger partial charge in [0.05, 0.1) is 54.7 Å². The lowest BCUT2D eigenvalue weighted by Gasteiger charge is -2.28. The Balaban J connectivity index is 1.80. The van der Waals surface area contributed by atoms with Gasteiger partial charge in [0.1, 0.15) is 0 Å². The highest BCUT2D eigenvalue weighted by atomic mass is 32.1. The van der Waals surface area contributed by atoms with E-state index in [1.807, 2.05) is 6.07 Å². The Morgan fingerprint density at radius 3 is 2.62 bits per heavy atom. The summed E-state index contributed by atoms with van der Waals surface area (Å²) in [7, 11) is 2.05. The second kappa shape index (κ2) is 7.30. The highest BCUT2D eigenvalue weighted by Gasteiger charge is 2.39. The molecule has 1 aromatic carbocycles. The lowest BCUT2D eigenvalue weighted by atomic mass is 10.1. The van der Waals surface area contributed by atoms with Crippen molar-refractivity contribution in [3.63, 3.8) is 0 Å². The summed E-state index contributed by atoms with van der Waals surface area (Å²) >= 11 is 1.15. The van der Waals surface area contributed by atoms with Crippen LogP contribution in [0.25, 0.3) is 15.3 Å². The SMILES string of the molecule is C/C(=N\N1CC[NH+](C)CC1)c1c(C(F)(F)F)[nH]n(-c2nc3ccccc3s2)c1=O. The van der Waals surface area contributed by atoms with Crippen LogP contribution in [0.2, 0.25) is 0 Å². The summed E-state index contributed by atoms with van der Waals surface area (Å²) < 4.78 is 42.7. The summed E-state index contributed by atoms with van der Waals surface area (Å²) in [5.41, 5.74) is -1.73. The van der Waals surface area contributed by atoms with Crippen molar-refractivity contribution < 1.29 is 18.1 Å². The van der Waals surface area contributed by atoms with Gasteiger partial charge in [-0.1, -0.05) is 23.5 Å². The minimum absolute atomic E-state index is 0.0398. The van der Waals surface area contributed by atoms with Crippen LogP contribution in [0.3, 0.4) is 0 Å². The van der Waals surface area contributed by atoms with E-state index in [0.29, 0.717) is 18.6 Å². The van der Waals surface area contributed by atoms with Crippen molar-refractivity contribution in [3.8, 4) is 5.13 Å². The zero-order valence-electron chi connectivity index (χ0n) is 15.9. The van der Waals surface area contributed by atoms with Crippen molar-refractivity contribution >= 4 is 27.3 Å². The summed E-state index contributed by atoms with van der Waals surface area (Å²) in [5, 5.41) is 8.40. The molecule has 3 aromatic rings. The predicted octanol–water partition coefficient (Wildman–Crippen LogP) is 1.35. The number of H-pyrrole nitrogens is 1. The number of rotatable bonds is 3. The number of hydrazone groups is 1. The third-order valence-corrected chi connectivity index (χ3v) is 5.92. The molecular formula is C18H20F3N6OS+. The zero-order chi connectivity index (χ0) is 20.8. The highest BCUT2D eigenvalue weighted by Crippen LogP contribution is 2.31. The molecule has 154 valence electrons. The molecule has 0 spiro atoms. The lowest BCUT2D eigenvalue weighted by molar-refractivity contribution is -0.884. The standard InChI is InChI=1S/C18H19F3N6OS/c1-11(23-26-9-7-25(2)8-10-26)14-15(18(19,20)21)24-27(16(14)28)17-22-12-5-3-4-6-13(12)29-17/h3-6,24H,7-10H2,1-2H3/p+1/b23-11+. The molecule has 0 saturated carbocycles. The van der Waals surface area contributed by atoms with Gasteiger partial charge in [-0.3, -0.25) is 14.9 Å². The number of hydrogen-bond donors (Lipinski definition) is 2. The molecule has 3 heterocycles. The van der Waals surface area contributed by atoms with Crippen molar-refractivity contribution in [2.24, 2.45) is 5.10 Å². The van der Waals surface area contributed by atoms with E-state index in [-0.39, 0.29) is 10.8 Å². The summed E-state index contributed by atoms with van der Waals surface area (Å²) in [4.78, 5) is 18.6. The van der Waals surface area contributed by atoms with Crippen LogP contribution in [0.5, 0.6) is 0 Å². The summed E-state index contributed by atoms with van der Waals surface area (Å²) in [5.74, 6) is 0. The topological polar surface area (TPSA) is 70.7 Å².